The zero-order valence-corrected chi connectivity index (χ0v) is 11.2. The molecule has 1 aromatic heterocycles. The van der Waals surface area contributed by atoms with Crippen molar-refractivity contribution in [2.24, 2.45) is 0 Å². The first-order chi connectivity index (χ1) is 8.13. The van der Waals surface area contributed by atoms with Gasteiger partial charge in [-0.2, -0.15) is 0 Å². The van der Waals surface area contributed by atoms with E-state index in [2.05, 4.69) is 18.7 Å². The van der Waals surface area contributed by atoms with Gasteiger partial charge in [-0.15, -0.1) is 11.3 Å². The molecule has 2 rings (SSSR count). The summed E-state index contributed by atoms with van der Waals surface area (Å²) < 4.78 is 0. The third-order valence-corrected chi connectivity index (χ3v) is 4.27. The third kappa shape index (κ3) is 2.45. The van der Waals surface area contributed by atoms with Crippen LogP contribution in [0.15, 0.2) is 11.4 Å². The number of hydrogen-bond donors (Lipinski definition) is 1. The quantitative estimate of drug-likeness (QED) is 0.869. The molecule has 0 bridgehead atoms. The fraction of sp³-hybridized carbons (Fsp3) is 0.583. The molecular weight excluding hydrogens is 234 g/mol. The number of rotatable bonds is 2. The minimum absolute atomic E-state index is 0.0834. The number of anilines is 1. The monoisotopic (exact) mass is 253 g/mol. The van der Waals surface area contributed by atoms with Crippen LogP contribution in [-0.2, 0) is 0 Å². The molecule has 1 saturated heterocycles. The van der Waals surface area contributed by atoms with Gasteiger partial charge in [0.05, 0.1) is 5.69 Å². The van der Waals surface area contributed by atoms with E-state index in [9.17, 15) is 4.79 Å². The van der Waals surface area contributed by atoms with Gasteiger partial charge in [0.2, 0.25) is 0 Å². The Hall–Kier alpha value is -1.07. The molecule has 1 unspecified atom stereocenters. The molecule has 0 saturated carbocycles. The summed E-state index contributed by atoms with van der Waals surface area (Å²) in [4.78, 5) is 17.2. The topological polar surface area (TPSA) is 49.6 Å². The summed E-state index contributed by atoms with van der Waals surface area (Å²) in [7, 11) is 0. The Labute approximate surface area is 106 Å². The highest BCUT2D eigenvalue weighted by Crippen LogP contribution is 2.22. The van der Waals surface area contributed by atoms with Gasteiger partial charge < -0.3 is 10.6 Å². The van der Waals surface area contributed by atoms with Gasteiger partial charge in [-0.3, -0.25) is 9.69 Å². The highest BCUT2D eigenvalue weighted by Gasteiger charge is 2.27. The lowest BCUT2D eigenvalue weighted by Gasteiger charge is -2.39. The van der Waals surface area contributed by atoms with Crippen LogP contribution in [0, 0.1) is 0 Å². The van der Waals surface area contributed by atoms with Crippen molar-refractivity contribution in [3.63, 3.8) is 0 Å². The van der Waals surface area contributed by atoms with E-state index in [-0.39, 0.29) is 5.91 Å². The van der Waals surface area contributed by atoms with Crippen molar-refractivity contribution in [3.8, 4) is 0 Å². The van der Waals surface area contributed by atoms with Crippen LogP contribution in [0.5, 0.6) is 0 Å². The molecule has 5 heteroatoms. The normalized spacial score (nSPS) is 21.8. The lowest BCUT2D eigenvalue weighted by Crippen LogP contribution is -2.53. The minimum Gasteiger partial charge on any atom is -0.397 e. The van der Waals surface area contributed by atoms with E-state index in [1.54, 1.807) is 6.07 Å². The number of carbonyl (C=O) groups excluding carboxylic acids is 1. The van der Waals surface area contributed by atoms with Crippen molar-refractivity contribution in [1.82, 2.24) is 9.80 Å². The van der Waals surface area contributed by atoms with Crippen LogP contribution < -0.4 is 5.73 Å². The number of likely N-dealkylation sites (N-methyl/N-ethyl adjacent to an activating group) is 1. The molecule has 1 amide bonds. The van der Waals surface area contributed by atoms with Crippen molar-refractivity contribution >= 4 is 22.9 Å². The fourth-order valence-electron chi connectivity index (χ4n) is 2.29. The van der Waals surface area contributed by atoms with Crippen LogP contribution in [0.3, 0.4) is 0 Å². The number of nitrogens with zero attached hydrogens (tertiary/aromatic N) is 2. The molecule has 2 N–H and O–H groups in total. The summed E-state index contributed by atoms with van der Waals surface area (Å²) >= 11 is 1.43. The summed E-state index contributed by atoms with van der Waals surface area (Å²) in [5.74, 6) is 0.0834. The maximum Gasteiger partial charge on any atom is 0.266 e. The Kier molecular flexibility index (Phi) is 3.69. The third-order valence-electron chi connectivity index (χ3n) is 3.35. The molecule has 0 aromatic carbocycles. The van der Waals surface area contributed by atoms with Crippen molar-refractivity contribution < 1.29 is 4.79 Å². The zero-order valence-electron chi connectivity index (χ0n) is 10.3. The van der Waals surface area contributed by atoms with Gasteiger partial charge in [-0.25, -0.2) is 0 Å². The van der Waals surface area contributed by atoms with E-state index in [1.165, 1.54) is 11.3 Å². The lowest BCUT2D eigenvalue weighted by atomic mass is 10.2. The van der Waals surface area contributed by atoms with E-state index >= 15 is 0 Å². The predicted molar refractivity (Wildman–Crippen MR) is 71.3 cm³/mol. The summed E-state index contributed by atoms with van der Waals surface area (Å²) in [6, 6.07) is 2.22. The van der Waals surface area contributed by atoms with Gasteiger partial charge in [-0.1, -0.05) is 6.92 Å². The highest BCUT2D eigenvalue weighted by molar-refractivity contribution is 7.12. The number of carbonyl (C=O) groups is 1. The molecule has 0 spiro atoms. The molecule has 4 nitrogen and oxygen atoms in total. The van der Waals surface area contributed by atoms with E-state index < -0.39 is 0 Å². The van der Waals surface area contributed by atoms with Crippen LogP contribution in [0.4, 0.5) is 5.69 Å². The Morgan fingerprint density at radius 2 is 2.35 bits per heavy atom. The van der Waals surface area contributed by atoms with Gasteiger partial charge in [-0.05, 0) is 24.9 Å². The van der Waals surface area contributed by atoms with Crippen LogP contribution in [-0.4, -0.2) is 47.9 Å². The minimum atomic E-state index is 0.0834. The average Bonchev–Trinajstić information content (AvgIpc) is 2.74. The van der Waals surface area contributed by atoms with Crippen LogP contribution in [0.2, 0.25) is 0 Å². The molecule has 1 aliphatic heterocycles. The summed E-state index contributed by atoms with van der Waals surface area (Å²) in [5, 5.41) is 1.87. The molecule has 1 aromatic rings. The smallest absolute Gasteiger partial charge is 0.266 e. The zero-order chi connectivity index (χ0) is 12.4. The van der Waals surface area contributed by atoms with Crippen molar-refractivity contribution in [2.45, 2.75) is 19.9 Å². The molecule has 1 atom stereocenters. The standard InChI is InChI=1S/C12H19N3OS/c1-3-14-5-6-15(8-9(14)2)12(16)11-10(13)4-7-17-11/h4,7,9H,3,5-6,8,13H2,1-2H3. The largest absolute Gasteiger partial charge is 0.397 e. The van der Waals surface area contributed by atoms with E-state index in [4.69, 9.17) is 5.73 Å². The molecule has 2 heterocycles. The number of nitrogens with two attached hydrogens (primary N) is 1. The maximum absolute atomic E-state index is 12.3. The molecule has 1 fully saturated rings. The second kappa shape index (κ2) is 5.06. The van der Waals surface area contributed by atoms with Crippen molar-refractivity contribution in [2.75, 3.05) is 31.9 Å². The van der Waals surface area contributed by atoms with E-state index in [1.807, 2.05) is 10.3 Å². The van der Waals surface area contributed by atoms with Crippen LogP contribution in [0.25, 0.3) is 0 Å². The SMILES string of the molecule is CCN1CCN(C(=O)c2sccc2N)CC1C. The number of piperazine rings is 1. The Balaban J connectivity index is 2.05. The first-order valence-corrected chi connectivity index (χ1v) is 6.87. The van der Waals surface area contributed by atoms with Gasteiger partial charge in [0.25, 0.3) is 5.91 Å². The molecule has 1 aliphatic rings. The summed E-state index contributed by atoms with van der Waals surface area (Å²) in [5.41, 5.74) is 6.39. The molecule has 17 heavy (non-hydrogen) atoms. The van der Waals surface area contributed by atoms with E-state index in [0.29, 0.717) is 16.6 Å². The second-order valence-corrected chi connectivity index (χ2v) is 5.35. The van der Waals surface area contributed by atoms with Gasteiger partial charge in [0.1, 0.15) is 4.88 Å². The average molecular weight is 253 g/mol. The number of thiophene rings is 1. The summed E-state index contributed by atoms with van der Waals surface area (Å²) in [6.07, 6.45) is 0. The highest BCUT2D eigenvalue weighted by atomic mass is 32.1. The van der Waals surface area contributed by atoms with Crippen molar-refractivity contribution in [3.05, 3.63) is 16.3 Å². The first-order valence-electron chi connectivity index (χ1n) is 5.99. The van der Waals surface area contributed by atoms with Crippen LogP contribution in [0.1, 0.15) is 23.5 Å². The summed E-state index contributed by atoms with van der Waals surface area (Å²) in [6.45, 7) is 7.92. The maximum atomic E-state index is 12.3. The van der Waals surface area contributed by atoms with E-state index in [0.717, 1.165) is 26.2 Å². The van der Waals surface area contributed by atoms with Gasteiger partial charge in [0.15, 0.2) is 0 Å². The molecule has 94 valence electrons. The van der Waals surface area contributed by atoms with Crippen molar-refractivity contribution in [1.29, 1.82) is 0 Å². The molecule has 0 aliphatic carbocycles. The van der Waals surface area contributed by atoms with Gasteiger partial charge >= 0.3 is 0 Å². The Bertz CT molecular complexity index is 404. The van der Waals surface area contributed by atoms with Gasteiger partial charge in [0, 0.05) is 25.7 Å². The first kappa shape index (κ1) is 12.4. The number of hydrogen-bond acceptors (Lipinski definition) is 4. The van der Waals surface area contributed by atoms with Crippen LogP contribution >= 0.6 is 11.3 Å². The number of nitrogen functional groups attached to an aromatic ring is 1. The Morgan fingerprint density at radius 1 is 1.59 bits per heavy atom. The number of amides is 1. The lowest BCUT2D eigenvalue weighted by molar-refractivity contribution is 0.0533. The molecule has 0 radical (unpaired) electrons. The Morgan fingerprint density at radius 3 is 2.88 bits per heavy atom. The second-order valence-electron chi connectivity index (χ2n) is 4.43. The predicted octanol–water partition coefficient (Wildman–Crippen LogP) is 1.50. The molecular formula is C12H19N3OS. The fourth-order valence-corrected chi connectivity index (χ4v) is 3.07.